The fraction of sp³-hybridized carbons (Fsp3) is 0.727. The fourth-order valence-corrected chi connectivity index (χ4v) is 3.02. The summed E-state index contributed by atoms with van der Waals surface area (Å²) in [5.74, 6) is -2.09. The highest BCUT2D eigenvalue weighted by Crippen LogP contribution is 2.64. The zero-order valence-corrected chi connectivity index (χ0v) is 12.6. The molecule has 18 heavy (non-hydrogen) atoms. The number of carbonyl (C=O) groups excluding carboxylic acids is 3. The largest absolute Gasteiger partial charge is 0.468 e. The molecule has 1 saturated carbocycles. The molecule has 0 aliphatic heterocycles. The van der Waals surface area contributed by atoms with Crippen molar-refractivity contribution in [2.45, 2.75) is 23.7 Å². The van der Waals surface area contributed by atoms with Crippen molar-refractivity contribution in [3.05, 3.63) is 0 Å². The van der Waals surface area contributed by atoms with E-state index in [-0.39, 0.29) is 19.6 Å². The number of carbonyl (C=O) groups is 3. The van der Waals surface area contributed by atoms with Gasteiger partial charge in [-0.2, -0.15) is 0 Å². The van der Waals surface area contributed by atoms with Gasteiger partial charge in [0.05, 0.1) is 20.3 Å². The van der Waals surface area contributed by atoms with Gasteiger partial charge in [0.2, 0.25) is 0 Å². The van der Waals surface area contributed by atoms with Crippen molar-refractivity contribution in [3.8, 4) is 0 Å². The minimum atomic E-state index is -1.56. The van der Waals surface area contributed by atoms with Gasteiger partial charge in [0.25, 0.3) is 0 Å². The van der Waals surface area contributed by atoms with Crippen LogP contribution in [0.2, 0.25) is 0 Å². The summed E-state index contributed by atoms with van der Waals surface area (Å²) in [7, 11) is 1.21. The van der Waals surface area contributed by atoms with Gasteiger partial charge in [0.1, 0.15) is 3.42 Å². The second-order valence-electron chi connectivity index (χ2n) is 3.82. The first-order valence-electron chi connectivity index (χ1n) is 5.52. The predicted molar refractivity (Wildman–Crippen MR) is 69.1 cm³/mol. The van der Waals surface area contributed by atoms with Crippen LogP contribution in [-0.2, 0) is 28.6 Å². The van der Waals surface area contributed by atoms with Crippen molar-refractivity contribution in [1.82, 2.24) is 0 Å². The molecule has 1 aliphatic rings. The molecule has 0 radical (unpaired) electrons. The van der Waals surface area contributed by atoms with E-state index in [2.05, 4.69) is 4.74 Å². The van der Waals surface area contributed by atoms with Crippen LogP contribution in [0.1, 0.15) is 20.3 Å². The molecule has 0 bridgehead atoms. The molecule has 1 unspecified atom stereocenters. The lowest BCUT2D eigenvalue weighted by Gasteiger charge is -2.17. The Morgan fingerprint density at radius 2 is 1.50 bits per heavy atom. The van der Waals surface area contributed by atoms with Crippen molar-refractivity contribution in [2.24, 2.45) is 5.41 Å². The molecule has 0 amide bonds. The van der Waals surface area contributed by atoms with Crippen molar-refractivity contribution in [1.29, 1.82) is 0 Å². The first-order valence-corrected chi connectivity index (χ1v) is 6.60. The number of hydrogen-bond donors (Lipinski definition) is 0. The number of esters is 3. The smallest absolute Gasteiger partial charge is 0.325 e. The Labute approximate surface area is 118 Å². The summed E-state index contributed by atoms with van der Waals surface area (Å²) in [5.41, 5.74) is -1.56. The normalized spacial score (nSPS) is 24.0. The van der Waals surface area contributed by atoms with Gasteiger partial charge in [0.15, 0.2) is 5.41 Å². The molecule has 1 rings (SSSR count). The summed E-state index contributed by atoms with van der Waals surface area (Å²) < 4.78 is 13.2. The molecule has 1 aliphatic carbocycles. The molecule has 6 nitrogen and oxygen atoms in total. The molecule has 7 heteroatoms. The Bertz CT molecular complexity index is 362. The lowest BCUT2D eigenvalue weighted by atomic mass is 10.0. The molecule has 0 aromatic heterocycles. The monoisotopic (exact) mass is 370 g/mol. The van der Waals surface area contributed by atoms with Gasteiger partial charge in [-0.25, -0.2) is 0 Å². The van der Waals surface area contributed by atoms with E-state index in [9.17, 15) is 14.4 Å². The third kappa shape index (κ3) is 2.08. The Morgan fingerprint density at radius 1 is 1.06 bits per heavy atom. The standard InChI is InChI=1S/C11H15IO6/c1-4-17-7(13)10(8(14)18-5-2)6-11(10,12)9(15)16-3/h4-6H2,1-3H3. The van der Waals surface area contributed by atoms with Gasteiger partial charge in [-0.15, -0.1) is 0 Å². The van der Waals surface area contributed by atoms with Gasteiger partial charge >= 0.3 is 17.9 Å². The second-order valence-corrected chi connectivity index (χ2v) is 5.66. The maximum atomic E-state index is 11.9. The third-order valence-corrected chi connectivity index (χ3v) is 4.56. The average Bonchev–Trinajstić information content (AvgIpc) is 2.98. The summed E-state index contributed by atoms with van der Waals surface area (Å²) in [6, 6.07) is 0. The first-order chi connectivity index (χ1) is 8.40. The maximum Gasteiger partial charge on any atom is 0.325 e. The summed E-state index contributed by atoms with van der Waals surface area (Å²) >= 11 is 1.76. The SMILES string of the molecule is CCOC(=O)C1(C(=O)OCC)CC1(I)C(=O)OC. The van der Waals surface area contributed by atoms with Crippen LogP contribution >= 0.6 is 22.6 Å². The van der Waals surface area contributed by atoms with Crippen molar-refractivity contribution in [3.63, 3.8) is 0 Å². The minimum Gasteiger partial charge on any atom is -0.468 e. The topological polar surface area (TPSA) is 78.9 Å². The fourth-order valence-electron chi connectivity index (χ4n) is 1.79. The quantitative estimate of drug-likeness (QED) is 0.235. The number of rotatable bonds is 5. The van der Waals surface area contributed by atoms with E-state index in [0.29, 0.717) is 0 Å². The molecule has 0 N–H and O–H groups in total. The molecule has 0 aromatic rings. The molecule has 1 atom stereocenters. The van der Waals surface area contributed by atoms with Crippen LogP contribution in [0.25, 0.3) is 0 Å². The van der Waals surface area contributed by atoms with Crippen LogP contribution in [0, 0.1) is 5.41 Å². The van der Waals surface area contributed by atoms with Crippen LogP contribution in [-0.4, -0.2) is 41.7 Å². The van der Waals surface area contributed by atoms with Gasteiger partial charge in [-0.1, -0.05) is 22.6 Å². The number of ether oxygens (including phenoxy) is 3. The first kappa shape index (κ1) is 15.2. The second kappa shape index (κ2) is 5.41. The Balaban J connectivity index is 3.04. The molecular weight excluding hydrogens is 355 g/mol. The van der Waals surface area contributed by atoms with E-state index >= 15 is 0 Å². The van der Waals surface area contributed by atoms with Crippen LogP contribution in [0.4, 0.5) is 0 Å². The number of methoxy groups -OCH3 is 1. The Hall–Kier alpha value is -0.860. The van der Waals surface area contributed by atoms with E-state index in [1.54, 1.807) is 36.4 Å². The number of halogens is 1. The molecule has 0 aromatic carbocycles. The van der Waals surface area contributed by atoms with E-state index in [1.807, 2.05) is 0 Å². The van der Waals surface area contributed by atoms with Crippen LogP contribution < -0.4 is 0 Å². The molecular formula is C11H15IO6. The van der Waals surface area contributed by atoms with Gasteiger partial charge in [-0.3, -0.25) is 14.4 Å². The van der Waals surface area contributed by atoms with Gasteiger partial charge in [0, 0.05) is 6.42 Å². The Morgan fingerprint density at radius 3 is 1.83 bits per heavy atom. The van der Waals surface area contributed by atoms with Crippen molar-refractivity contribution >= 4 is 40.5 Å². The highest BCUT2D eigenvalue weighted by molar-refractivity contribution is 14.1. The highest BCUT2D eigenvalue weighted by atomic mass is 127. The molecule has 102 valence electrons. The minimum absolute atomic E-state index is 0.0465. The third-order valence-electron chi connectivity index (χ3n) is 2.82. The molecule has 0 heterocycles. The van der Waals surface area contributed by atoms with Crippen LogP contribution in [0.5, 0.6) is 0 Å². The van der Waals surface area contributed by atoms with Crippen molar-refractivity contribution < 1.29 is 28.6 Å². The van der Waals surface area contributed by atoms with E-state index in [4.69, 9.17) is 9.47 Å². The van der Waals surface area contributed by atoms with E-state index < -0.39 is 26.7 Å². The summed E-state index contributed by atoms with van der Waals surface area (Å²) in [6.45, 7) is 3.53. The average molecular weight is 370 g/mol. The van der Waals surface area contributed by atoms with Gasteiger partial charge < -0.3 is 14.2 Å². The Kier molecular flexibility index (Phi) is 4.57. The maximum absolute atomic E-state index is 11.9. The number of alkyl halides is 1. The van der Waals surface area contributed by atoms with Crippen LogP contribution in [0.3, 0.4) is 0 Å². The summed E-state index contributed by atoms with van der Waals surface area (Å²) in [6.07, 6.45) is 0.0465. The molecule has 0 saturated heterocycles. The number of hydrogen-bond acceptors (Lipinski definition) is 6. The van der Waals surface area contributed by atoms with Gasteiger partial charge in [-0.05, 0) is 13.8 Å². The highest BCUT2D eigenvalue weighted by Gasteiger charge is 2.82. The molecule has 1 fully saturated rings. The van der Waals surface area contributed by atoms with Crippen molar-refractivity contribution in [2.75, 3.05) is 20.3 Å². The predicted octanol–water partition coefficient (Wildman–Crippen LogP) is 0.850. The molecule has 0 spiro atoms. The lowest BCUT2D eigenvalue weighted by molar-refractivity contribution is -0.166. The van der Waals surface area contributed by atoms with Crippen LogP contribution in [0.15, 0.2) is 0 Å². The zero-order chi connectivity index (χ0) is 14.0. The lowest BCUT2D eigenvalue weighted by Crippen LogP contribution is -2.39. The summed E-state index contributed by atoms with van der Waals surface area (Å²) in [4.78, 5) is 35.6. The summed E-state index contributed by atoms with van der Waals surface area (Å²) in [5, 5.41) is 0. The zero-order valence-electron chi connectivity index (χ0n) is 10.4. The van der Waals surface area contributed by atoms with E-state index in [1.165, 1.54) is 7.11 Å². The van der Waals surface area contributed by atoms with E-state index in [0.717, 1.165) is 0 Å².